The van der Waals surface area contributed by atoms with Crippen molar-refractivity contribution in [3.8, 4) is 11.5 Å². The number of Topliss-reactive ketones (excluding diaryl/α,β-unsaturated/α-hetero) is 1. The Kier molecular flexibility index (Phi) is 8.34. The fraction of sp³-hybridized carbons (Fsp3) is 0.333. The van der Waals surface area contributed by atoms with E-state index in [1.807, 2.05) is 18.2 Å². The number of alkyl halides is 3. The van der Waals surface area contributed by atoms with Crippen molar-refractivity contribution in [1.82, 2.24) is 15.5 Å². The lowest BCUT2D eigenvalue weighted by Gasteiger charge is -2.06. The Morgan fingerprint density at radius 3 is 2.42 bits per heavy atom. The Bertz CT molecular complexity index is 1070. The molecule has 0 saturated heterocycles. The number of hydrogen-bond acceptors (Lipinski definition) is 5. The van der Waals surface area contributed by atoms with Crippen LogP contribution in [-0.2, 0) is 28.7 Å². The highest BCUT2D eigenvalue weighted by molar-refractivity contribution is 6.36. The van der Waals surface area contributed by atoms with E-state index in [2.05, 4.69) is 27.6 Å². The first-order valence-corrected chi connectivity index (χ1v) is 10.7. The minimum atomic E-state index is -4.49. The Morgan fingerprint density at radius 1 is 0.909 bits per heavy atom. The topological polar surface area (TPSA) is 85.1 Å². The van der Waals surface area contributed by atoms with E-state index in [0.717, 1.165) is 37.8 Å². The van der Waals surface area contributed by atoms with Gasteiger partial charge in [-0.25, -0.2) is 0 Å². The molecule has 0 spiro atoms. The van der Waals surface area contributed by atoms with E-state index in [1.165, 1.54) is 17.7 Å². The number of amides is 1. The molecule has 1 amide bonds. The molecule has 0 aliphatic heterocycles. The zero-order valence-corrected chi connectivity index (χ0v) is 17.9. The van der Waals surface area contributed by atoms with Crippen molar-refractivity contribution in [3.63, 3.8) is 0 Å². The number of halogens is 3. The van der Waals surface area contributed by atoms with Crippen molar-refractivity contribution < 1.29 is 27.2 Å². The third-order valence-electron chi connectivity index (χ3n) is 5.02. The zero-order chi connectivity index (χ0) is 23.7. The van der Waals surface area contributed by atoms with E-state index in [0.29, 0.717) is 6.42 Å². The highest BCUT2D eigenvalue weighted by Gasteiger charge is 2.30. The fourth-order valence-corrected chi connectivity index (χ4v) is 3.25. The van der Waals surface area contributed by atoms with Gasteiger partial charge < -0.3 is 9.73 Å². The van der Waals surface area contributed by atoms with E-state index in [9.17, 15) is 22.8 Å². The maximum absolute atomic E-state index is 12.8. The first-order valence-electron chi connectivity index (χ1n) is 10.7. The number of carbonyl (C=O) groups excluding carboxylic acids is 2. The quantitative estimate of drug-likeness (QED) is 0.317. The highest BCUT2D eigenvalue weighted by Crippen LogP contribution is 2.31. The van der Waals surface area contributed by atoms with Crippen LogP contribution in [0.25, 0.3) is 11.5 Å². The van der Waals surface area contributed by atoms with Crippen LogP contribution in [0.15, 0.2) is 59.0 Å². The molecule has 0 atom stereocenters. The van der Waals surface area contributed by atoms with E-state index < -0.39 is 23.4 Å². The third-order valence-corrected chi connectivity index (χ3v) is 5.02. The van der Waals surface area contributed by atoms with E-state index in [-0.39, 0.29) is 30.3 Å². The maximum atomic E-state index is 12.8. The predicted molar refractivity (Wildman–Crippen MR) is 115 cm³/mol. The van der Waals surface area contributed by atoms with Gasteiger partial charge in [0.1, 0.15) is 0 Å². The molecule has 33 heavy (non-hydrogen) atoms. The molecular weight excluding hydrogens is 435 g/mol. The maximum Gasteiger partial charge on any atom is 0.416 e. The number of aryl methyl sites for hydroxylation is 1. The van der Waals surface area contributed by atoms with Gasteiger partial charge in [0.15, 0.2) is 0 Å². The van der Waals surface area contributed by atoms with Crippen LogP contribution in [0, 0.1) is 0 Å². The number of hydrogen-bond donors (Lipinski definition) is 1. The fourth-order valence-electron chi connectivity index (χ4n) is 3.25. The number of ketones is 1. The lowest BCUT2D eigenvalue weighted by molar-refractivity contribution is -0.138. The molecule has 0 unspecified atom stereocenters. The standard InChI is InChI=1S/C24H24F3N3O3/c25-24(26,27)19-13-8-12-18(15-19)23-30-29-21(33-23)16-28-22(32)20(31)14-7-2-1-4-9-17-10-5-3-6-11-17/h3,5-6,8,10-13,15H,1-2,4,7,9,14,16H2,(H,28,32). The van der Waals surface area contributed by atoms with Crippen LogP contribution in [0.5, 0.6) is 0 Å². The largest absolute Gasteiger partial charge is 0.419 e. The van der Waals surface area contributed by atoms with Crippen LogP contribution in [-0.4, -0.2) is 21.9 Å². The first-order chi connectivity index (χ1) is 15.8. The second kappa shape index (κ2) is 11.4. The van der Waals surface area contributed by atoms with E-state index in [4.69, 9.17) is 4.42 Å². The highest BCUT2D eigenvalue weighted by atomic mass is 19.4. The molecule has 3 rings (SSSR count). The minimum Gasteiger partial charge on any atom is -0.419 e. The van der Waals surface area contributed by atoms with Crippen LogP contribution in [0.3, 0.4) is 0 Å². The van der Waals surface area contributed by atoms with E-state index in [1.54, 1.807) is 0 Å². The van der Waals surface area contributed by atoms with Gasteiger partial charge in [-0.3, -0.25) is 9.59 Å². The molecule has 6 nitrogen and oxygen atoms in total. The number of nitrogens with zero attached hydrogens (tertiary/aromatic N) is 2. The number of aromatic nitrogens is 2. The van der Waals surface area contributed by atoms with Gasteiger partial charge in [-0.1, -0.05) is 49.2 Å². The van der Waals surface area contributed by atoms with Gasteiger partial charge in [-0.15, -0.1) is 10.2 Å². The summed E-state index contributed by atoms with van der Waals surface area (Å²) in [5.41, 5.74) is 0.558. The van der Waals surface area contributed by atoms with Gasteiger partial charge in [-0.05, 0) is 43.0 Å². The lowest BCUT2D eigenvalue weighted by atomic mass is 10.0. The predicted octanol–water partition coefficient (Wildman–Crippen LogP) is 5.13. The molecule has 2 aromatic carbocycles. The van der Waals surface area contributed by atoms with Gasteiger partial charge in [0.05, 0.1) is 12.1 Å². The number of nitrogens with one attached hydrogen (secondary N) is 1. The van der Waals surface area contributed by atoms with Crippen molar-refractivity contribution in [1.29, 1.82) is 0 Å². The van der Waals surface area contributed by atoms with Crippen LogP contribution in [0.2, 0.25) is 0 Å². The van der Waals surface area contributed by atoms with Gasteiger partial charge in [0, 0.05) is 12.0 Å². The molecule has 1 heterocycles. The summed E-state index contributed by atoms with van der Waals surface area (Å²) in [5.74, 6) is -1.40. The summed E-state index contributed by atoms with van der Waals surface area (Å²) in [5, 5.41) is 9.83. The summed E-state index contributed by atoms with van der Waals surface area (Å²) < 4.78 is 43.9. The summed E-state index contributed by atoms with van der Waals surface area (Å²) >= 11 is 0. The Hall–Kier alpha value is -3.49. The van der Waals surface area contributed by atoms with E-state index >= 15 is 0 Å². The zero-order valence-electron chi connectivity index (χ0n) is 17.9. The monoisotopic (exact) mass is 459 g/mol. The third kappa shape index (κ3) is 7.55. The second-order valence-electron chi connectivity index (χ2n) is 7.59. The number of unbranched alkanes of at least 4 members (excludes halogenated alkanes) is 3. The van der Waals surface area contributed by atoms with Crippen LogP contribution >= 0.6 is 0 Å². The number of benzene rings is 2. The molecule has 0 aliphatic rings. The van der Waals surface area contributed by atoms with Crippen molar-refractivity contribution in [3.05, 3.63) is 71.6 Å². The molecular formula is C24H24F3N3O3. The Morgan fingerprint density at radius 2 is 1.67 bits per heavy atom. The Labute approximate surface area is 189 Å². The van der Waals surface area contributed by atoms with Gasteiger partial charge >= 0.3 is 6.18 Å². The smallest absolute Gasteiger partial charge is 0.416 e. The molecule has 1 N–H and O–H groups in total. The lowest BCUT2D eigenvalue weighted by Crippen LogP contribution is -2.30. The summed E-state index contributed by atoms with van der Waals surface area (Å²) in [6.45, 7) is -0.187. The molecule has 0 bridgehead atoms. The van der Waals surface area contributed by atoms with Crippen LogP contribution in [0.1, 0.15) is 49.1 Å². The molecule has 9 heteroatoms. The molecule has 0 fully saturated rings. The average molecular weight is 459 g/mol. The summed E-state index contributed by atoms with van der Waals surface area (Å²) in [7, 11) is 0. The van der Waals surface area contributed by atoms with Gasteiger partial charge in [-0.2, -0.15) is 13.2 Å². The number of rotatable bonds is 11. The summed E-state index contributed by atoms with van der Waals surface area (Å²) in [4.78, 5) is 24.0. The molecule has 0 radical (unpaired) electrons. The minimum absolute atomic E-state index is 0.00975. The summed E-state index contributed by atoms with van der Waals surface area (Å²) in [6.07, 6.45) is 0.130. The molecule has 0 saturated carbocycles. The van der Waals surface area contributed by atoms with Crippen molar-refractivity contribution in [2.75, 3.05) is 0 Å². The molecule has 0 aliphatic carbocycles. The average Bonchev–Trinajstić information content (AvgIpc) is 3.29. The number of carbonyl (C=O) groups is 2. The molecule has 174 valence electrons. The molecule has 1 aromatic heterocycles. The van der Waals surface area contributed by atoms with Crippen molar-refractivity contribution >= 4 is 11.7 Å². The van der Waals surface area contributed by atoms with Crippen molar-refractivity contribution in [2.24, 2.45) is 0 Å². The first kappa shape index (κ1) is 24.2. The SMILES string of the molecule is O=C(CCCCCCc1ccccc1)C(=O)NCc1nnc(-c2cccc(C(F)(F)F)c2)o1. The van der Waals surface area contributed by atoms with Crippen LogP contribution < -0.4 is 5.32 Å². The molecule has 3 aromatic rings. The normalized spacial score (nSPS) is 11.4. The van der Waals surface area contributed by atoms with Gasteiger partial charge in [0.25, 0.3) is 5.91 Å². The Balaban J connectivity index is 1.37. The summed E-state index contributed by atoms with van der Waals surface area (Å²) in [6, 6.07) is 14.7. The van der Waals surface area contributed by atoms with Crippen LogP contribution in [0.4, 0.5) is 13.2 Å². The van der Waals surface area contributed by atoms with Crippen molar-refractivity contribution in [2.45, 2.75) is 51.2 Å². The van der Waals surface area contributed by atoms with Gasteiger partial charge in [0.2, 0.25) is 17.6 Å². The second-order valence-corrected chi connectivity index (χ2v) is 7.59.